The van der Waals surface area contributed by atoms with Gasteiger partial charge in [-0.1, -0.05) is 6.07 Å². The van der Waals surface area contributed by atoms with Crippen molar-refractivity contribution in [1.82, 2.24) is 10.3 Å². The smallest absolute Gasteiger partial charge is 0.408 e. The molecule has 0 aliphatic rings. The van der Waals surface area contributed by atoms with E-state index in [2.05, 4.69) is 10.3 Å². The van der Waals surface area contributed by atoms with E-state index in [9.17, 15) is 9.90 Å². The highest BCUT2D eigenvalue weighted by Gasteiger charge is 2.10. The van der Waals surface area contributed by atoms with Gasteiger partial charge in [0, 0.05) is 6.54 Å². The van der Waals surface area contributed by atoms with Gasteiger partial charge in [0.1, 0.15) is 0 Å². The van der Waals surface area contributed by atoms with Gasteiger partial charge in [-0.25, -0.2) is 4.79 Å². The van der Waals surface area contributed by atoms with E-state index >= 15 is 0 Å². The molecule has 0 aliphatic carbocycles. The lowest BCUT2D eigenvalue weighted by Gasteiger charge is -2.17. The van der Waals surface area contributed by atoms with Gasteiger partial charge in [-0.15, -0.1) is 0 Å². The molecule has 0 atom stereocenters. The fraction of sp³-hybridized carbons (Fsp3) is 0.462. The molecule has 2 rings (SSSR count). The van der Waals surface area contributed by atoms with Crippen molar-refractivity contribution in [2.24, 2.45) is 0 Å². The number of aliphatic hydroxyl groups is 1. The fourth-order valence-electron chi connectivity index (χ4n) is 1.77. The average Bonchev–Trinajstić information content (AvgIpc) is 2.62. The van der Waals surface area contributed by atoms with Crippen LogP contribution < -0.4 is 11.1 Å². The van der Waals surface area contributed by atoms with Gasteiger partial charge in [0.05, 0.1) is 11.1 Å². The van der Waals surface area contributed by atoms with Crippen LogP contribution in [-0.2, 0) is 6.42 Å². The molecule has 0 radical (unpaired) electrons. The lowest BCUT2D eigenvalue weighted by molar-refractivity contribution is 0.0801. The number of benzene rings is 1. The Balaban J connectivity index is 1.93. The Labute approximate surface area is 105 Å². The molecule has 0 spiro atoms. The molecule has 0 bridgehead atoms. The van der Waals surface area contributed by atoms with Gasteiger partial charge in [0.15, 0.2) is 5.58 Å². The van der Waals surface area contributed by atoms with Gasteiger partial charge in [0.2, 0.25) is 0 Å². The van der Waals surface area contributed by atoms with Crippen LogP contribution in [0.15, 0.2) is 27.4 Å². The molecule has 0 saturated heterocycles. The second kappa shape index (κ2) is 4.96. The minimum atomic E-state index is -0.697. The third kappa shape index (κ3) is 3.45. The molecule has 98 valence electrons. The number of hydrogen-bond donors (Lipinski definition) is 3. The summed E-state index contributed by atoms with van der Waals surface area (Å²) in [5, 5.41) is 12.7. The van der Waals surface area contributed by atoms with Crippen LogP contribution in [0.3, 0.4) is 0 Å². The van der Waals surface area contributed by atoms with Crippen LogP contribution in [0.25, 0.3) is 11.1 Å². The van der Waals surface area contributed by atoms with Crippen LogP contribution in [0.1, 0.15) is 19.4 Å². The Hall–Kier alpha value is -1.59. The zero-order valence-electron chi connectivity index (χ0n) is 10.6. The van der Waals surface area contributed by atoms with Gasteiger partial charge in [0.25, 0.3) is 0 Å². The quantitative estimate of drug-likeness (QED) is 0.692. The topological polar surface area (TPSA) is 78.3 Å². The van der Waals surface area contributed by atoms with Crippen molar-refractivity contribution >= 4 is 11.1 Å². The van der Waals surface area contributed by atoms with Crippen molar-refractivity contribution < 1.29 is 9.52 Å². The molecule has 0 aliphatic heterocycles. The number of aromatic amines is 1. The first kappa shape index (κ1) is 12.9. The minimum absolute atomic E-state index is 0.428. The first-order valence-corrected chi connectivity index (χ1v) is 5.99. The fourth-order valence-corrected chi connectivity index (χ4v) is 1.77. The molecule has 18 heavy (non-hydrogen) atoms. The lowest BCUT2D eigenvalue weighted by Crippen LogP contribution is -2.35. The molecule has 1 heterocycles. The molecule has 0 amide bonds. The highest BCUT2D eigenvalue weighted by molar-refractivity contribution is 5.72. The Morgan fingerprint density at radius 1 is 1.44 bits per heavy atom. The number of hydrogen-bond acceptors (Lipinski definition) is 4. The molecule has 0 saturated carbocycles. The van der Waals surface area contributed by atoms with E-state index in [-0.39, 0.29) is 0 Å². The number of oxazole rings is 1. The summed E-state index contributed by atoms with van der Waals surface area (Å²) in [5.41, 5.74) is 1.69. The summed E-state index contributed by atoms with van der Waals surface area (Å²) in [6, 6.07) is 5.66. The van der Waals surface area contributed by atoms with Crippen molar-refractivity contribution in [3.63, 3.8) is 0 Å². The first-order chi connectivity index (χ1) is 8.44. The number of nitrogens with one attached hydrogen (secondary N) is 2. The van der Waals surface area contributed by atoms with Crippen molar-refractivity contribution in [3.8, 4) is 0 Å². The summed E-state index contributed by atoms with van der Waals surface area (Å²) in [6.45, 7) is 4.85. The molecule has 5 nitrogen and oxygen atoms in total. The van der Waals surface area contributed by atoms with Crippen LogP contribution in [0.2, 0.25) is 0 Å². The third-order valence-electron chi connectivity index (χ3n) is 2.63. The van der Waals surface area contributed by atoms with Crippen molar-refractivity contribution in [3.05, 3.63) is 34.3 Å². The largest absolute Gasteiger partial charge is 0.417 e. The Kier molecular flexibility index (Phi) is 3.54. The molecular weight excluding hydrogens is 232 g/mol. The average molecular weight is 250 g/mol. The van der Waals surface area contributed by atoms with Crippen molar-refractivity contribution in [2.75, 3.05) is 13.1 Å². The Bertz CT molecular complexity index is 578. The predicted molar refractivity (Wildman–Crippen MR) is 69.7 cm³/mol. The van der Waals surface area contributed by atoms with E-state index in [1.165, 1.54) is 0 Å². The maximum absolute atomic E-state index is 11.0. The van der Waals surface area contributed by atoms with E-state index in [0.717, 1.165) is 18.5 Å². The van der Waals surface area contributed by atoms with Gasteiger partial charge in [-0.3, -0.25) is 4.98 Å². The van der Waals surface area contributed by atoms with Crippen LogP contribution in [-0.4, -0.2) is 28.8 Å². The summed E-state index contributed by atoms with van der Waals surface area (Å²) < 4.78 is 5.00. The maximum Gasteiger partial charge on any atom is 0.417 e. The summed E-state index contributed by atoms with van der Waals surface area (Å²) in [6.07, 6.45) is 0.820. The minimum Gasteiger partial charge on any atom is -0.408 e. The molecule has 1 aromatic carbocycles. The van der Waals surface area contributed by atoms with E-state index < -0.39 is 11.4 Å². The zero-order chi connectivity index (χ0) is 13.2. The molecule has 0 unspecified atom stereocenters. The predicted octanol–water partition coefficient (Wildman–Crippen LogP) is 1.02. The maximum atomic E-state index is 11.0. The van der Waals surface area contributed by atoms with E-state index in [1.807, 2.05) is 18.2 Å². The summed E-state index contributed by atoms with van der Waals surface area (Å²) >= 11 is 0. The zero-order valence-corrected chi connectivity index (χ0v) is 10.6. The standard InChI is InChI=1S/C13H18N2O3/c1-13(2,17)8-14-6-5-9-3-4-10-11(7-9)18-12(16)15-10/h3-4,7,14,17H,5-6,8H2,1-2H3,(H,15,16). The highest BCUT2D eigenvalue weighted by atomic mass is 16.4. The van der Waals surface area contributed by atoms with E-state index in [4.69, 9.17) is 4.42 Å². The Morgan fingerprint density at radius 2 is 2.22 bits per heavy atom. The highest BCUT2D eigenvalue weighted by Crippen LogP contribution is 2.12. The number of aromatic nitrogens is 1. The van der Waals surface area contributed by atoms with Gasteiger partial charge >= 0.3 is 5.76 Å². The van der Waals surface area contributed by atoms with Gasteiger partial charge in [-0.2, -0.15) is 0 Å². The molecule has 2 aromatic rings. The second-order valence-electron chi connectivity index (χ2n) is 5.08. The molecular formula is C13H18N2O3. The van der Waals surface area contributed by atoms with Gasteiger partial charge in [-0.05, 0) is 44.5 Å². The first-order valence-electron chi connectivity index (χ1n) is 5.99. The normalized spacial score (nSPS) is 12.2. The number of rotatable bonds is 5. The molecule has 3 N–H and O–H groups in total. The summed E-state index contributed by atoms with van der Waals surface area (Å²) in [4.78, 5) is 13.6. The second-order valence-corrected chi connectivity index (χ2v) is 5.08. The Morgan fingerprint density at radius 3 is 2.94 bits per heavy atom. The summed E-state index contributed by atoms with van der Waals surface area (Å²) in [7, 11) is 0. The van der Waals surface area contributed by atoms with Gasteiger partial charge < -0.3 is 14.8 Å². The monoisotopic (exact) mass is 250 g/mol. The van der Waals surface area contributed by atoms with Crippen molar-refractivity contribution in [1.29, 1.82) is 0 Å². The van der Waals surface area contributed by atoms with Crippen LogP contribution >= 0.6 is 0 Å². The van der Waals surface area contributed by atoms with Crippen LogP contribution in [0.4, 0.5) is 0 Å². The van der Waals surface area contributed by atoms with E-state index in [1.54, 1.807) is 13.8 Å². The van der Waals surface area contributed by atoms with E-state index in [0.29, 0.717) is 17.6 Å². The summed E-state index contributed by atoms with van der Waals surface area (Å²) in [5.74, 6) is -0.428. The SMILES string of the molecule is CC(C)(O)CNCCc1ccc2[nH]c(=O)oc2c1. The molecule has 1 aromatic heterocycles. The third-order valence-corrected chi connectivity index (χ3v) is 2.63. The molecule has 0 fully saturated rings. The number of H-pyrrole nitrogens is 1. The number of fused-ring (bicyclic) bond motifs is 1. The van der Waals surface area contributed by atoms with Crippen LogP contribution in [0.5, 0.6) is 0 Å². The van der Waals surface area contributed by atoms with Crippen molar-refractivity contribution in [2.45, 2.75) is 25.9 Å². The van der Waals surface area contributed by atoms with Crippen LogP contribution in [0, 0.1) is 0 Å². The molecule has 5 heteroatoms. The lowest BCUT2D eigenvalue weighted by atomic mass is 10.1.